The predicted octanol–water partition coefficient (Wildman–Crippen LogP) is 4.65. The molecule has 2 aromatic rings. The van der Waals surface area contributed by atoms with Crippen molar-refractivity contribution in [3.63, 3.8) is 0 Å². The maximum Gasteiger partial charge on any atom is 0.335 e. The number of aromatic carboxylic acids is 1. The van der Waals surface area contributed by atoms with Gasteiger partial charge in [0, 0.05) is 11.3 Å². The lowest BCUT2D eigenvalue weighted by molar-refractivity contribution is 0.0696. The van der Waals surface area contributed by atoms with Gasteiger partial charge in [0.05, 0.1) is 22.2 Å². The number of benzene rings is 2. The Morgan fingerprint density at radius 2 is 1.79 bits per heavy atom. The van der Waals surface area contributed by atoms with E-state index >= 15 is 0 Å². The molecule has 0 bridgehead atoms. The minimum Gasteiger partial charge on any atom is -0.491 e. The van der Waals surface area contributed by atoms with Gasteiger partial charge in [0.25, 0.3) is 5.91 Å². The molecule has 5 nitrogen and oxygen atoms in total. The predicted molar refractivity (Wildman–Crippen MR) is 93.7 cm³/mol. The number of hydrogen-bond donors (Lipinski definition) is 2. The van der Waals surface area contributed by atoms with Crippen LogP contribution in [-0.2, 0) is 0 Å². The quantitative estimate of drug-likeness (QED) is 0.806. The fraction of sp³-hybridized carbons (Fsp3) is 0.176. The van der Waals surface area contributed by atoms with E-state index < -0.39 is 11.9 Å². The van der Waals surface area contributed by atoms with E-state index in [0.717, 1.165) is 0 Å². The molecule has 0 radical (unpaired) electrons. The topological polar surface area (TPSA) is 75.6 Å². The highest BCUT2D eigenvalue weighted by atomic mass is 35.5. The number of carbonyl (C=O) groups is 2. The van der Waals surface area contributed by atoms with Gasteiger partial charge in [-0.15, -0.1) is 0 Å². The zero-order chi connectivity index (χ0) is 17.9. The van der Waals surface area contributed by atoms with Gasteiger partial charge in [0.2, 0.25) is 0 Å². The minimum atomic E-state index is -1.02. The molecule has 0 saturated carbocycles. The summed E-state index contributed by atoms with van der Waals surface area (Å²) in [5, 5.41) is 12.2. The minimum absolute atomic E-state index is 0.181. The molecule has 126 valence electrons. The number of halogens is 2. The Morgan fingerprint density at radius 3 is 2.29 bits per heavy atom. The van der Waals surface area contributed by atoms with Gasteiger partial charge >= 0.3 is 5.97 Å². The van der Waals surface area contributed by atoms with Crippen molar-refractivity contribution in [2.45, 2.75) is 13.8 Å². The largest absolute Gasteiger partial charge is 0.491 e. The molecule has 2 rings (SSSR count). The number of carboxylic acid groups (broad SMARTS) is 1. The molecule has 0 atom stereocenters. The fourth-order valence-electron chi connectivity index (χ4n) is 2.16. The summed E-state index contributed by atoms with van der Waals surface area (Å²) < 4.78 is 5.32. The van der Waals surface area contributed by atoms with Crippen molar-refractivity contribution < 1.29 is 19.4 Å². The van der Waals surface area contributed by atoms with Crippen LogP contribution in [0.5, 0.6) is 5.75 Å². The third-order valence-corrected chi connectivity index (χ3v) is 3.83. The molecule has 0 aliphatic heterocycles. The first-order valence-electron chi connectivity index (χ1n) is 7.10. The lowest BCUT2D eigenvalue weighted by Gasteiger charge is -2.11. The Labute approximate surface area is 149 Å². The number of aryl methyl sites for hydroxylation is 1. The summed E-state index contributed by atoms with van der Waals surface area (Å²) in [7, 11) is 0. The maximum atomic E-state index is 12.3. The van der Waals surface area contributed by atoms with Gasteiger partial charge in [0.1, 0.15) is 0 Å². The maximum absolute atomic E-state index is 12.3. The molecule has 0 fully saturated rings. The van der Waals surface area contributed by atoms with Crippen molar-refractivity contribution in [1.82, 2.24) is 0 Å². The van der Waals surface area contributed by atoms with Crippen molar-refractivity contribution >= 4 is 40.8 Å². The first-order chi connectivity index (χ1) is 11.3. The van der Waals surface area contributed by atoms with Crippen LogP contribution in [0.25, 0.3) is 0 Å². The first-order valence-corrected chi connectivity index (χ1v) is 7.86. The normalized spacial score (nSPS) is 10.3. The van der Waals surface area contributed by atoms with Crippen LogP contribution < -0.4 is 10.1 Å². The van der Waals surface area contributed by atoms with Crippen LogP contribution in [0.2, 0.25) is 10.0 Å². The van der Waals surface area contributed by atoms with Crippen LogP contribution in [-0.4, -0.2) is 23.6 Å². The number of amides is 1. The number of carboxylic acids is 1. The third-order valence-electron chi connectivity index (χ3n) is 3.26. The summed E-state index contributed by atoms with van der Waals surface area (Å²) in [5.41, 5.74) is 1.47. The highest BCUT2D eigenvalue weighted by molar-refractivity contribution is 6.37. The highest BCUT2D eigenvalue weighted by Gasteiger charge is 2.15. The van der Waals surface area contributed by atoms with Gasteiger partial charge in [-0.2, -0.15) is 0 Å². The average Bonchev–Trinajstić information content (AvgIpc) is 2.50. The van der Waals surface area contributed by atoms with E-state index in [4.69, 9.17) is 33.0 Å². The summed E-state index contributed by atoms with van der Waals surface area (Å²) in [5.74, 6) is -1.10. The second kappa shape index (κ2) is 7.55. The number of anilines is 1. The fourth-order valence-corrected chi connectivity index (χ4v) is 2.75. The first kappa shape index (κ1) is 18.1. The molecule has 7 heteroatoms. The molecule has 0 aliphatic carbocycles. The van der Waals surface area contributed by atoms with Gasteiger partial charge in [0.15, 0.2) is 5.75 Å². The second-order valence-corrected chi connectivity index (χ2v) is 5.81. The molecule has 0 saturated heterocycles. The Hall–Kier alpha value is -2.24. The van der Waals surface area contributed by atoms with E-state index in [1.807, 2.05) is 0 Å². The zero-order valence-electron chi connectivity index (χ0n) is 13.0. The van der Waals surface area contributed by atoms with Crippen LogP contribution in [0, 0.1) is 6.92 Å². The molecular formula is C17H15Cl2NO4. The number of hydrogen-bond acceptors (Lipinski definition) is 3. The lowest BCUT2D eigenvalue weighted by Crippen LogP contribution is -2.13. The van der Waals surface area contributed by atoms with E-state index in [9.17, 15) is 9.59 Å². The average molecular weight is 368 g/mol. The van der Waals surface area contributed by atoms with E-state index in [2.05, 4.69) is 5.32 Å². The SMILES string of the molecule is CCOc1c(Cl)cc(C(=O)Nc2ccc(C(=O)O)c(C)c2)cc1Cl. The number of carbonyl (C=O) groups excluding carboxylic acids is 1. The van der Waals surface area contributed by atoms with Gasteiger partial charge in [-0.1, -0.05) is 23.2 Å². The summed E-state index contributed by atoms with van der Waals surface area (Å²) in [4.78, 5) is 23.3. The van der Waals surface area contributed by atoms with Gasteiger partial charge in [-0.25, -0.2) is 4.79 Å². The Kier molecular flexibility index (Phi) is 5.70. The van der Waals surface area contributed by atoms with Crippen LogP contribution in [0.1, 0.15) is 33.2 Å². The third kappa shape index (κ3) is 3.99. The van der Waals surface area contributed by atoms with Crippen LogP contribution in [0.3, 0.4) is 0 Å². The van der Waals surface area contributed by atoms with Crippen molar-refractivity contribution in [2.24, 2.45) is 0 Å². The van der Waals surface area contributed by atoms with Crippen LogP contribution in [0.4, 0.5) is 5.69 Å². The van der Waals surface area contributed by atoms with E-state index in [1.54, 1.807) is 19.9 Å². The van der Waals surface area contributed by atoms with Crippen molar-refractivity contribution in [2.75, 3.05) is 11.9 Å². The summed E-state index contributed by atoms with van der Waals surface area (Å²) in [6, 6.07) is 7.47. The molecule has 0 aromatic heterocycles. The zero-order valence-corrected chi connectivity index (χ0v) is 14.5. The molecule has 24 heavy (non-hydrogen) atoms. The Balaban J connectivity index is 2.24. The molecule has 0 aliphatic rings. The summed E-state index contributed by atoms with van der Waals surface area (Å²) in [6.45, 7) is 3.86. The number of nitrogens with one attached hydrogen (secondary N) is 1. The second-order valence-electron chi connectivity index (χ2n) is 4.99. The van der Waals surface area contributed by atoms with Crippen molar-refractivity contribution in [3.8, 4) is 5.75 Å². The molecule has 0 unspecified atom stereocenters. The summed E-state index contributed by atoms with van der Waals surface area (Å²) >= 11 is 12.2. The number of ether oxygens (including phenoxy) is 1. The van der Waals surface area contributed by atoms with Crippen molar-refractivity contribution in [1.29, 1.82) is 0 Å². The molecule has 1 amide bonds. The van der Waals surface area contributed by atoms with Crippen LogP contribution in [0.15, 0.2) is 30.3 Å². The highest BCUT2D eigenvalue weighted by Crippen LogP contribution is 2.34. The molecule has 2 aromatic carbocycles. The molecular weight excluding hydrogens is 353 g/mol. The van der Waals surface area contributed by atoms with Gasteiger partial charge < -0.3 is 15.2 Å². The van der Waals surface area contributed by atoms with E-state index in [0.29, 0.717) is 23.6 Å². The monoisotopic (exact) mass is 367 g/mol. The molecule has 0 spiro atoms. The van der Waals surface area contributed by atoms with Gasteiger partial charge in [-0.05, 0) is 49.7 Å². The van der Waals surface area contributed by atoms with Crippen LogP contribution >= 0.6 is 23.2 Å². The Bertz CT molecular complexity index is 782. The molecule has 2 N–H and O–H groups in total. The van der Waals surface area contributed by atoms with Crippen molar-refractivity contribution in [3.05, 3.63) is 57.1 Å². The standard InChI is InChI=1S/C17H15Cl2NO4/c1-3-24-15-13(18)7-10(8-14(15)19)16(21)20-11-4-5-12(17(22)23)9(2)6-11/h4-8H,3H2,1-2H3,(H,20,21)(H,22,23). The lowest BCUT2D eigenvalue weighted by atomic mass is 10.1. The smallest absolute Gasteiger partial charge is 0.335 e. The van der Waals surface area contributed by atoms with Gasteiger partial charge in [-0.3, -0.25) is 4.79 Å². The number of rotatable bonds is 5. The van der Waals surface area contributed by atoms with E-state index in [-0.39, 0.29) is 21.2 Å². The van der Waals surface area contributed by atoms with E-state index in [1.165, 1.54) is 24.3 Å². The summed E-state index contributed by atoms with van der Waals surface area (Å²) in [6.07, 6.45) is 0. The molecule has 0 heterocycles. The Morgan fingerprint density at radius 1 is 1.17 bits per heavy atom.